The maximum absolute atomic E-state index is 12.0. The van der Waals surface area contributed by atoms with Gasteiger partial charge in [-0.3, -0.25) is 4.79 Å². The molecule has 0 aromatic carbocycles. The normalized spacial score (nSPS) is 11.6. The van der Waals surface area contributed by atoms with Crippen molar-refractivity contribution in [1.29, 1.82) is 0 Å². The fraction of sp³-hybridized carbons (Fsp3) is 0.429. The molecule has 0 fully saturated rings. The maximum atomic E-state index is 12.0. The number of nitrogens with one attached hydrogen (secondary N) is 1. The van der Waals surface area contributed by atoms with Crippen LogP contribution in [0.1, 0.15) is 23.0 Å². The molecule has 1 aromatic heterocycles. The third-order valence-corrected chi connectivity index (χ3v) is 2.76. The predicted molar refractivity (Wildman–Crippen MR) is 73.7 cm³/mol. The highest BCUT2D eigenvalue weighted by molar-refractivity contribution is 5.94. The number of aliphatic hydroxyl groups excluding tert-OH is 1. The standard InChI is InChI=1S/C14H19N3O2/c1-11(17(2)3)10-16-14(19)13-12(7-5-9-18)6-4-8-15-13/h4,6,8,11,18H,9-10H2,1-3H3,(H,16,19). The molecule has 102 valence electrons. The number of aromatic nitrogens is 1. The highest BCUT2D eigenvalue weighted by Crippen LogP contribution is 2.03. The zero-order valence-corrected chi connectivity index (χ0v) is 11.5. The molecule has 5 heteroatoms. The van der Waals surface area contributed by atoms with Crippen LogP contribution in [-0.2, 0) is 0 Å². The summed E-state index contributed by atoms with van der Waals surface area (Å²) < 4.78 is 0. The third-order valence-electron chi connectivity index (χ3n) is 2.76. The van der Waals surface area contributed by atoms with Gasteiger partial charge in [-0.1, -0.05) is 11.8 Å². The Morgan fingerprint density at radius 2 is 2.32 bits per heavy atom. The largest absolute Gasteiger partial charge is 0.384 e. The summed E-state index contributed by atoms with van der Waals surface area (Å²) in [5.41, 5.74) is 0.806. The Labute approximate surface area is 113 Å². The highest BCUT2D eigenvalue weighted by atomic mass is 16.2. The van der Waals surface area contributed by atoms with Gasteiger partial charge in [0.1, 0.15) is 12.3 Å². The van der Waals surface area contributed by atoms with Gasteiger partial charge >= 0.3 is 0 Å². The summed E-state index contributed by atoms with van der Waals surface area (Å²) in [7, 11) is 3.91. The Hall–Kier alpha value is -1.90. The predicted octanol–water partition coefficient (Wildman–Crippen LogP) is 0.105. The van der Waals surface area contributed by atoms with Gasteiger partial charge in [0.15, 0.2) is 0 Å². The number of aliphatic hydroxyl groups is 1. The molecule has 0 aliphatic carbocycles. The van der Waals surface area contributed by atoms with Crippen molar-refractivity contribution in [3.05, 3.63) is 29.6 Å². The van der Waals surface area contributed by atoms with Crippen LogP contribution in [-0.4, -0.2) is 54.2 Å². The van der Waals surface area contributed by atoms with Crippen LogP contribution >= 0.6 is 0 Å². The number of likely N-dealkylation sites (N-methyl/N-ethyl adjacent to an activating group) is 1. The van der Waals surface area contributed by atoms with Crippen molar-refractivity contribution in [2.24, 2.45) is 0 Å². The second-order valence-electron chi connectivity index (χ2n) is 4.38. The molecule has 0 aliphatic rings. The van der Waals surface area contributed by atoms with Gasteiger partial charge in [0.2, 0.25) is 0 Å². The molecule has 1 unspecified atom stereocenters. The molecule has 1 heterocycles. The summed E-state index contributed by atoms with van der Waals surface area (Å²) in [6.45, 7) is 2.31. The van der Waals surface area contributed by atoms with Crippen molar-refractivity contribution >= 4 is 5.91 Å². The van der Waals surface area contributed by atoms with E-state index in [0.29, 0.717) is 12.1 Å². The molecule has 1 atom stereocenters. The minimum absolute atomic E-state index is 0.236. The molecule has 1 aromatic rings. The number of hydrogen-bond acceptors (Lipinski definition) is 4. The molecule has 0 radical (unpaired) electrons. The van der Waals surface area contributed by atoms with Crippen LogP contribution in [0.25, 0.3) is 0 Å². The monoisotopic (exact) mass is 261 g/mol. The van der Waals surface area contributed by atoms with Crippen molar-refractivity contribution in [1.82, 2.24) is 15.2 Å². The van der Waals surface area contributed by atoms with Crippen molar-refractivity contribution in [2.45, 2.75) is 13.0 Å². The number of carbonyl (C=O) groups excluding carboxylic acids is 1. The van der Waals surface area contributed by atoms with Crippen LogP contribution in [0.3, 0.4) is 0 Å². The molecule has 1 rings (SSSR count). The van der Waals surface area contributed by atoms with E-state index in [0.717, 1.165) is 0 Å². The fourth-order valence-electron chi connectivity index (χ4n) is 1.33. The lowest BCUT2D eigenvalue weighted by Gasteiger charge is -2.19. The van der Waals surface area contributed by atoms with Crippen molar-refractivity contribution in [3.8, 4) is 11.8 Å². The maximum Gasteiger partial charge on any atom is 0.271 e. The Morgan fingerprint density at radius 3 is 2.95 bits per heavy atom. The number of amides is 1. The first kappa shape index (κ1) is 15.2. The van der Waals surface area contributed by atoms with Crippen LogP contribution in [0.4, 0.5) is 0 Å². The minimum Gasteiger partial charge on any atom is -0.384 e. The van der Waals surface area contributed by atoms with Crippen molar-refractivity contribution in [2.75, 3.05) is 27.2 Å². The quantitative estimate of drug-likeness (QED) is 0.755. The van der Waals surface area contributed by atoms with Gasteiger partial charge in [-0.15, -0.1) is 0 Å². The zero-order valence-electron chi connectivity index (χ0n) is 11.5. The Bertz CT molecular complexity index is 489. The smallest absolute Gasteiger partial charge is 0.271 e. The molecule has 5 nitrogen and oxygen atoms in total. The van der Waals surface area contributed by atoms with E-state index in [4.69, 9.17) is 5.11 Å². The second-order valence-corrected chi connectivity index (χ2v) is 4.38. The van der Waals surface area contributed by atoms with E-state index in [1.54, 1.807) is 18.3 Å². The summed E-state index contributed by atoms with van der Waals surface area (Å²) in [4.78, 5) is 18.1. The van der Waals surface area contributed by atoms with E-state index in [-0.39, 0.29) is 24.2 Å². The van der Waals surface area contributed by atoms with Crippen molar-refractivity contribution in [3.63, 3.8) is 0 Å². The van der Waals surface area contributed by atoms with Gasteiger partial charge in [-0.2, -0.15) is 0 Å². The molecule has 0 saturated heterocycles. The van der Waals surface area contributed by atoms with Gasteiger partial charge in [0, 0.05) is 18.8 Å². The van der Waals surface area contributed by atoms with Gasteiger partial charge in [-0.05, 0) is 33.2 Å². The van der Waals surface area contributed by atoms with E-state index >= 15 is 0 Å². The van der Waals surface area contributed by atoms with E-state index in [1.807, 2.05) is 25.9 Å². The topological polar surface area (TPSA) is 65.5 Å². The third kappa shape index (κ3) is 4.70. The molecule has 19 heavy (non-hydrogen) atoms. The Kier molecular flexibility index (Phi) is 6.00. The van der Waals surface area contributed by atoms with Gasteiger partial charge < -0.3 is 15.3 Å². The molecule has 1 amide bonds. The fourth-order valence-corrected chi connectivity index (χ4v) is 1.33. The molecule has 0 spiro atoms. The van der Waals surface area contributed by atoms with E-state index in [9.17, 15) is 4.79 Å². The lowest BCUT2D eigenvalue weighted by atomic mass is 10.2. The number of hydrogen-bond donors (Lipinski definition) is 2. The van der Waals surface area contributed by atoms with Gasteiger partial charge in [-0.25, -0.2) is 4.98 Å². The Balaban J connectivity index is 2.77. The number of carbonyl (C=O) groups is 1. The van der Waals surface area contributed by atoms with Crippen LogP contribution in [0.15, 0.2) is 18.3 Å². The van der Waals surface area contributed by atoms with Crippen LogP contribution in [0.2, 0.25) is 0 Å². The molecule has 0 saturated carbocycles. The van der Waals surface area contributed by atoms with Crippen LogP contribution < -0.4 is 5.32 Å². The summed E-state index contributed by atoms with van der Waals surface area (Å²) in [5, 5.41) is 11.5. The average Bonchev–Trinajstić information content (AvgIpc) is 2.42. The van der Waals surface area contributed by atoms with Crippen LogP contribution in [0.5, 0.6) is 0 Å². The number of pyridine rings is 1. The lowest BCUT2D eigenvalue weighted by molar-refractivity contribution is 0.0938. The molecular formula is C14H19N3O2. The lowest BCUT2D eigenvalue weighted by Crippen LogP contribution is -2.38. The van der Waals surface area contributed by atoms with Gasteiger partial charge in [0.05, 0.1) is 5.56 Å². The highest BCUT2D eigenvalue weighted by Gasteiger charge is 2.13. The Morgan fingerprint density at radius 1 is 1.58 bits per heavy atom. The first-order chi connectivity index (χ1) is 9.06. The summed E-state index contributed by atoms with van der Waals surface area (Å²) in [6.07, 6.45) is 1.55. The first-order valence-corrected chi connectivity index (χ1v) is 6.05. The number of rotatable bonds is 4. The summed E-state index contributed by atoms with van der Waals surface area (Å²) >= 11 is 0. The van der Waals surface area contributed by atoms with E-state index < -0.39 is 0 Å². The SMILES string of the molecule is CC(CNC(=O)c1ncccc1C#CCO)N(C)C. The van der Waals surface area contributed by atoms with E-state index in [1.165, 1.54) is 0 Å². The van der Waals surface area contributed by atoms with Crippen molar-refractivity contribution < 1.29 is 9.90 Å². The molecule has 0 aliphatic heterocycles. The summed E-state index contributed by atoms with van der Waals surface area (Å²) in [6, 6.07) is 3.65. The number of nitrogens with zero attached hydrogens (tertiary/aromatic N) is 2. The molecule has 0 bridgehead atoms. The molecule has 2 N–H and O–H groups in total. The average molecular weight is 261 g/mol. The minimum atomic E-state index is -0.253. The van der Waals surface area contributed by atoms with Crippen LogP contribution in [0, 0.1) is 11.8 Å². The van der Waals surface area contributed by atoms with Gasteiger partial charge in [0.25, 0.3) is 5.91 Å². The zero-order chi connectivity index (χ0) is 14.3. The van der Waals surface area contributed by atoms with E-state index in [2.05, 4.69) is 22.1 Å². The second kappa shape index (κ2) is 7.52. The molecular weight excluding hydrogens is 242 g/mol. The first-order valence-electron chi connectivity index (χ1n) is 6.05. The summed E-state index contributed by atoms with van der Waals surface area (Å²) in [5.74, 6) is 4.99.